The van der Waals surface area contributed by atoms with Crippen molar-refractivity contribution in [1.29, 1.82) is 0 Å². The molecule has 2 N–H and O–H groups in total. The number of nitrogens with two attached hydrogens (primary N) is 1. The van der Waals surface area contributed by atoms with E-state index in [1.165, 1.54) is 11.0 Å². The van der Waals surface area contributed by atoms with Crippen LogP contribution in [0.3, 0.4) is 0 Å². The number of carbonyl (C=O) groups is 2. The van der Waals surface area contributed by atoms with Crippen LogP contribution in [0.4, 0.5) is 19.7 Å². The van der Waals surface area contributed by atoms with Crippen molar-refractivity contribution in [2.24, 2.45) is 5.73 Å². The number of ether oxygens (including phenoxy) is 4. The lowest BCUT2D eigenvalue weighted by Gasteiger charge is -2.39. The van der Waals surface area contributed by atoms with Crippen LogP contribution >= 0.6 is 0 Å². The van der Waals surface area contributed by atoms with Gasteiger partial charge in [0, 0.05) is 6.07 Å². The van der Waals surface area contributed by atoms with Gasteiger partial charge in [-0.25, -0.2) is 14.0 Å². The number of rotatable bonds is 6. The van der Waals surface area contributed by atoms with E-state index in [-0.39, 0.29) is 26.4 Å². The van der Waals surface area contributed by atoms with E-state index in [1.54, 1.807) is 20.8 Å². The third kappa shape index (κ3) is 6.44. The molecule has 2 amide bonds. The highest BCUT2D eigenvalue weighted by atomic mass is 19.1. The number of nitrogens with zero attached hydrogens (tertiary/aromatic N) is 2. The van der Waals surface area contributed by atoms with Gasteiger partial charge in [-0.05, 0) is 26.8 Å². The fourth-order valence-corrected chi connectivity index (χ4v) is 2.68. The number of para-hydroxylation sites is 1. The van der Waals surface area contributed by atoms with Crippen LogP contribution in [-0.4, -0.2) is 66.1 Å². The van der Waals surface area contributed by atoms with Crippen molar-refractivity contribution in [3.05, 3.63) is 34.1 Å². The summed E-state index contributed by atoms with van der Waals surface area (Å²) < 4.78 is 35.0. The standard InChI is InChI=1S/C18H24FN3O8/c1-18(2,3)30-17(24)21-7-12(27-8-11(21)9-29-16(20)23)10-28-15-13(19)5-4-6-14(15)22(25)26/h4-6,11-12H,7-10H2,1-3H3,(H2,20,23). The minimum Gasteiger partial charge on any atom is -0.482 e. The summed E-state index contributed by atoms with van der Waals surface area (Å²) in [6, 6.07) is 2.69. The lowest BCUT2D eigenvalue weighted by molar-refractivity contribution is -0.386. The van der Waals surface area contributed by atoms with E-state index >= 15 is 0 Å². The van der Waals surface area contributed by atoms with Crippen LogP contribution in [0.2, 0.25) is 0 Å². The Morgan fingerprint density at radius 1 is 1.37 bits per heavy atom. The number of hydrogen-bond donors (Lipinski definition) is 1. The second kappa shape index (κ2) is 9.57. The van der Waals surface area contributed by atoms with Crippen LogP contribution < -0.4 is 10.5 Å². The minimum absolute atomic E-state index is 0.0377. The number of nitro groups is 1. The summed E-state index contributed by atoms with van der Waals surface area (Å²) in [4.78, 5) is 35.1. The van der Waals surface area contributed by atoms with Crippen molar-refractivity contribution in [2.45, 2.75) is 38.5 Å². The maximum Gasteiger partial charge on any atom is 0.410 e. The molecule has 0 aliphatic carbocycles. The van der Waals surface area contributed by atoms with E-state index in [4.69, 9.17) is 24.7 Å². The number of amides is 2. The van der Waals surface area contributed by atoms with Gasteiger partial charge in [0.1, 0.15) is 24.9 Å². The molecule has 166 valence electrons. The highest BCUT2D eigenvalue weighted by Gasteiger charge is 2.36. The zero-order chi connectivity index (χ0) is 22.5. The Kier molecular flexibility index (Phi) is 7.38. The van der Waals surface area contributed by atoms with Crippen LogP contribution in [0.15, 0.2) is 18.2 Å². The molecule has 0 aromatic heterocycles. The van der Waals surface area contributed by atoms with Crippen LogP contribution in [0.5, 0.6) is 5.75 Å². The first kappa shape index (κ1) is 23.1. The molecule has 0 spiro atoms. The Labute approximate surface area is 172 Å². The second-order valence-electron chi connectivity index (χ2n) is 7.53. The van der Waals surface area contributed by atoms with Gasteiger partial charge in [0.05, 0.1) is 24.1 Å². The van der Waals surface area contributed by atoms with Crippen molar-refractivity contribution in [1.82, 2.24) is 4.90 Å². The van der Waals surface area contributed by atoms with E-state index < -0.39 is 52.1 Å². The molecule has 1 saturated heterocycles. The zero-order valence-electron chi connectivity index (χ0n) is 16.8. The van der Waals surface area contributed by atoms with Gasteiger partial charge in [0.2, 0.25) is 5.75 Å². The molecular formula is C18H24FN3O8. The molecule has 2 unspecified atom stereocenters. The summed E-state index contributed by atoms with van der Waals surface area (Å²) in [5.74, 6) is -1.41. The molecule has 1 aliphatic heterocycles. The molecule has 1 fully saturated rings. The van der Waals surface area contributed by atoms with Crippen molar-refractivity contribution < 1.29 is 37.9 Å². The summed E-state index contributed by atoms with van der Waals surface area (Å²) in [6.45, 7) is 4.53. The number of halogens is 1. The van der Waals surface area contributed by atoms with Gasteiger partial charge in [-0.2, -0.15) is 0 Å². The summed E-state index contributed by atoms with van der Waals surface area (Å²) in [5.41, 5.74) is 3.68. The lowest BCUT2D eigenvalue weighted by Crippen LogP contribution is -2.56. The highest BCUT2D eigenvalue weighted by molar-refractivity contribution is 5.69. The predicted molar refractivity (Wildman–Crippen MR) is 101 cm³/mol. The SMILES string of the molecule is CC(C)(C)OC(=O)N1CC(COc2c(F)cccc2[N+](=O)[O-])OCC1COC(N)=O. The molecule has 12 heteroatoms. The lowest BCUT2D eigenvalue weighted by atomic mass is 10.2. The van der Waals surface area contributed by atoms with Gasteiger partial charge in [0.15, 0.2) is 5.82 Å². The van der Waals surface area contributed by atoms with Crippen LogP contribution in [0.1, 0.15) is 20.8 Å². The number of hydrogen-bond acceptors (Lipinski definition) is 8. The first-order valence-electron chi connectivity index (χ1n) is 9.07. The molecule has 1 aromatic carbocycles. The molecule has 2 atom stereocenters. The molecule has 30 heavy (non-hydrogen) atoms. The van der Waals surface area contributed by atoms with E-state index in [0.717, 1.165) is 12.1 Å². The zero-order valence-corrected chi connectivity index (χ0v) is 16.8. The number of benzene rings is 1. The Morgan fingerprint density at radius 3 is 2.67 bits per heavy atom. The van der Waals surface area contributed by atoms with Crippen molar-refractivity contribution in [3.63, 3.8) is 0 Å². The van der Waals surface area contributed by atoms with Gasteiger partial charge in [-0.15, -0.1) is 0 Å². The Bertz CT molecular complexity index is 798. The van der Waals surface area contributed by atoms with Crippen molar-refractivity contribution in [2.75, 3.05) is 26.4 Å². The van der Waals surface area contributed by atoms with E-state index in [2.05, 4.69) is 0 Å². The first-order chi connectivity index (χ1) is 14.0. The fraction of sp³-hybridized carbons (Fsp3) is 0.556. The topological polar surface area (TPSA) is 143 Å². The maximum atomic E-state index is 14.0. The quantitative estimate of drug-likeness (QED) is 0.535. The number of morpholine rings is 1. The van der Waals surface area contributed by atoms with Gasteiger partial charge >= 0.3 is 17.9 Å². The smallest absolute Gasteiger partial charge is 0.410 e. The van der Waals surface area contributed by atoms with Crippen LogP contribution in [-0.2, 0) is 14.2 Å². The summed E-state index contributed by atoms with van der Waals surface area (Å²) in [5, 5.41) is 11.1. The summed E-state index contributed by atoms with van der Waals surface area (Å²) in [7, 11) is 0. The molecule has 11 nitrogen and oxygen atoms in total. The van der Waals surface area contributed by atoms with E-state index in [0.29, 0.717) is 0 Å². The van der Waals surface area contributed by atoms with Crippen LogP contribution in [0, 0.1) is 15.9 Å². The molecule has 1 heterocycles. The number of primary amides is 1. The Morgan fingerprint density at radius 2 is 2.07 bits per heavy atom. The summed E-state index contributed by atoms with van der Waals surface area (Å²) >= 11 is 0. The van der Waals surface area contributed by atoms with Crippen LogP contribution in [0.25, 0.3) is 0 Å². The average molecular weight is 429 g/mol. The molecule has 0 saturated carbocycles. The normalized spacial score (nSPS) is 19.1. The van der Waals surface area contributed by atoms with E-state index in [1.807, 2.05) is 0 Å². The Hall–Kier alpha value is -3.15. The molecular weight excluding hydrogens is 405 g/mol. The van der Waals surface area contributed by atoms with Gasteiger partial charge < -0.3 is 24.7 Å². The summed E-state index contributed by atoms with van der Waals surface area (Å²) in [6.07, 6.45) is -2.41. The number of carbonyl (C=O) groups excluding carboxylic acids is 2. The van der Waals surface area contributed by atoms with Gasteiger partial charge in [0.25, 0.3) is 0 Å². The average Bonchev–Trinajstić information content (AvgIpc) is 2.63. The number of nitro benzene ring substituents is 1. The largest absolute Gasteiger partial charge is 0.482 e. The van der Waals surface area contributed by atoms with Crippen molar-refractivity contribution in [3.8, 4) is 5.75 Å². The third-order valence-electron chi connectivity index (χ3n) is 3.97. The molecule has 1 aliphatic rings. The molecule has 1 aromatic rings. The van der Waals surface area contributed by atoms with Crippen molar-refractivity contribution >= 4 is 17.9 Å². The predicted octanol–water partition coefficient (Wildman–Crippen LogP) is 2.21. The highest BCUT2D eigenvalue weighted by Crippen LogP contribution is 2.30. The third-order valence-corrected chi connectivity index (χ3v) is 3.97. The minimum atomic E-state index is -1.00. The van der Waals surface area contributed by atoms with Gasteiger partial charge in [-0.3, -0.25) is 15.0 Å². The second-order valence-corrected chi connectivity index (χ2v) is 7.53. The van der Waals surface area contributed by atoms with Gasteiger partial charge in [-0.1, -0.05) is 6.07 Å². The first-order valence-corrected chi connectivity index (χ1v) is 9.07. The Balaban J connectivity index is 2.10. The van der Waals surface area contributed by atoms with E-state index in [9.17, 15) is 24.1 Å². The monoisotopic (exact) mass is 429 g/mol. The molecule has 0 bridgehead atoms. The fourth-order valence-electron chi connectivity index (χ4n) is 2.68. The maximum absolute atomic E-state index is 14.0. The molecule has 0 radical (unpaired) electrons. The molecule has 2 rings (SSSR count).